The molecule has 0 aromatic heterocycles. The number of carbonyl (C=O) groups is 2. The molecule has 2 amide bonds. The molecule has 6 bridgehead atoms. The number of fused-ring (bicyclic) bond motifs is 5. The van der Waals surface area contributed by atoms with Crippen LogP contribution in [0.25, 0.3) is 0 Å². The zero-order valence-corrected chi connectivity index (χ0v) is 18.4. The van der Waals surface area contributed by atoms with Gasteiger partial charge in [-0.25, -0.2) is 14.2 Å². The Balaban J connectivity index is 1.54. The first-order valence-electron chi connectivity index (χ1n) is 11.2. The average molecular weight is 449 g/mol. The van der Waals surface area contributed by atoms with Crippen LogP contribution in [0.15, 0.2) is 64.8 Å². The molecule has 7 nitrogen and oxygen atoms in total. The van der Waals surface area contributed by atoms with Gasteiger partial charge >= 0.3 is 5.91 Å². The summed E-state index contributed by atoms with van der Waals surface area (Å²) >= 11 is 0. The number of nitrogens with zero attached hydrogens (tertiary/aromatic N) is 2. The molecular weight excluding hydrogens is 421 g/mol. The van der Waals surface area contributed by atoms with Crippen LogP contribution in [0.5, 0.6) is 0 Å². The van der Waals surface area contributed by atoms with Crippen molar-refractivity contribution in [3.05, 3.63) is 65.4 Å². The van der Waals surface area contributed by atoms with Crippen LogP contribution in [0, 0.1) is 17.8 Å². The number of rotatable bonds is 1. The van der Waals surface area contributed by atoms with E-state index >= 15 is 4.39 Å². The van der Waals surface area contributed by atoms with Gasteiger partial charge in [-0.05, 0) is 48.6 Å². The lowest BCUT2D eigenvalue weighted by molar-refractivity contribution is -0.416. The summed E-state index contributed by atoms with van der Waals surface area (Å²) in [4.78, 5) is 30.1. The number of anilines is 1. The lowest BCUT2D eigenvalue weighted by Crippen LogP contribution is -2.54. The van der Waals surface area contributed by atoms with Crippen LogP contribution in [0.3, 0.4) is 0 Å². The molecule has 0 spiro atoms. The second kappa shape index (κ2) is 8.42. The largest absolute Gasteiger partial charge is 0.391 e. The van der Waals surface area contributed by atoms with Gasteiger partial charge in [0, 0.05) is 23.7 Å². The topological polar surface area (TPSA) is 85.6 Å². The van der Waals surface area contributed by atoms with E-state index in [0.29, 0.717) is 5.82 Å². The molecule has 3 heterocycles. The predicted octanol–water partition coefficient (Wildman–Crippen LogP) is 2.29. The van der Waals surface area contributed by atoms with E-state index in [4.69, 9.17) is 0 Å². The van der Waals surface area contributed by atoms with Gasteiger partial charge in [-0.2, -0.15) is 4.58 Å². The monoisotopic (exact) mass is 448 g/mol. The van der Waals surface area contributed by atoms with Crippen LogP contribution in [0.2, 0.25) is 0 Å². The molecule has 5 aliphatic rings. The van der Waals surface area contributed by atoms with Crippen LogP contribution in [-0.4, -0.2) is 48.5 Å². The van der Waals surface area contributed by atoms with Crippen molar-refractivity contribution in [1.29, 1.82) is 0 Å². The van der Waals surface area contributed by atoms with E-state index < -0.39 is 5.83 Å². The average Bonchev–Trinajstić information content (AvgIpc) is 3.32. The summed E-state index contributed by atoms with van der Waals surface area (Å²) in [5.41, 5.74) is 1.91. The molecule has 170 valence electrons. The van der Waals surface area contributed by atoms with Crippen LogP contribution < -0.4 is 16.0 Å². The zero-order chi connectivity index (χ0) is 23.1. The van der Waals surface area contributed by atoms with E-state index in [-0.39, 0.29) is 53.8 Å². The lowest BCUT2D eigenvalue weighted by atomic mass is 9.80. The molecule has 2 saturated carbocycles. The Hall–Kier alpha value is -3.55. The number of benzene rings is 1. The second-order valence-electron chi connectivity index (χ2n) is 9.23. The maximum absolute atomic E-state index is 15.1. The molecule has 8 heteroatoms. The van der Waals surface area contributed by atoms with E-state index in [1.54, 1.807) is 25.3 Å². The molecule has 6 rings (SSSR count). The summed E-state index contributed by atoms with van der Waals surface area (Å²) in [6, 6.07) is 7.16. The summed E-state index contributed by atoms with van der Waals surface area (Å²) < 4.78 is 16.4. The number of nitrogens with one attached hydrogen (secondary N) is 3. The molecule has 3 aliphatic heterocycles. The minimum Gasteiger partial charge on any atom is -0.379 e. The first-order chi connectivity index (χ1) is 15.9. The standard InChI is InChI=1S/C25H26FN5O2/c1-31(2)25(33)23-15-11-17-20(12-15)29-22(32)10-14-5-3-6-16(9-14)28-21-8-4-7-19(30-24(17)23)18(26)13-27-21/h3-9,13,15,17,20,23-24H,1,10-12H2,2H3,(H2-,27,28,29,30,32)/p+1. The zero-order valence-electron chi connectivity index (χ0n) is 18.4. The van der Waals surface area contributed by atoms with Crippen molar-refractivity contribution in [1.82, 2.24) is 10.6 Å². The van der Waals surface area contributed by atoms with Gasteiger partial charge in [-0.3, -0.25) is 4.79 Å². The van der Waals surface area contributed by atoms with E-state index in [1.807, 2.05) is 24.3 Å². The van der Waals surface area contributed by atoms with Crippen molar-refractivity contribution in [3.8, 4) is 0 Å². The Morgan fingerprint density at radius 1 is 1.27 bits per heavy atom. The van der Waals surface area contributed by atoms with Gasteiger partial charge in [0.1, 0.15) is 25.5 Å². The van der Waals surface area contributed by atoms with Crippen molar-refractivity contribution in [2.75, 3.05) is 12.4 Å². The highest BCUT2D eigenvalue weighted by molar-refractivity contribution is 5.81. The molecule has 5 unspecified atom stereocenters. The quantitative estimate of drug-likeness (QED) is 0.455. The van der Waals surface area contributed by atoms with Crippen LogP contribution in [0.4, 0.5) is 10.1 Å². The normalized spacial score (nSPS) is 30.3. The van der Waals surface area contributed by atoms with E-state index in [2.05, 4.69) is 27.7 Å². The van der Waals surface area contributed by atoms with Gasteiger partial charge in [-0.15, -0.1) is 0 Å². The Morgan fingerprint density at radius 2 is 2.12 bits per heavy atom. The third kappa shape index (κ3) is 4.13. The number of hydrogen-bond donors (Lipinski definition) is 3. The molecule has 2 aliphatic carbocycles. The fraction of sp³-hybridized carbons (Fsp3) is 0.360. The molecule has 1 aromatic rings. The van der Waals surface area contributed by atoms with Gasteiger partial charge in [0.15, 0.2) is 5.83 Å². The molecule has 5 atom stereocenters. The molecular formula is C25H27FN5O2+. The Labute approximate surface area is 191 Å². The van der Waals surface area contributed by atoms with Gasteiger partial charge in [0.25, 0.3) is 0 Å². The Morgan fingerprint density at radius 3 is 2.94 bits per heavy atom. The number of halogens is 1. The number of carbonyl (C=O) groups excluding carboxylic acids is 2. The highest BCUT2D eigenvalue weighted by Crippen LogP contribution is 2.49. The smallest absolute Gasteiger partial charge is 0.379 e. The fourth-order valence-corrected chi connectivity index (χ4v) is 5.61. The van der Waals surface area contributed by atoms with E-state index in [0.717, 1.165) is 24.1 Å². The van der Waals surface area contributed by atoms with Gasteiger partial charge in [0.05, 0.1) is 18.3 Å². The molecule has 2 fully saturated rings. The minimum atomic E-state index is -0.517. The summed E-state index contributed by atoms with van der Waals surface area (Å²) in [6.45, 7) is 3.77. The first-order valence-corrected chi connectivity index (χ1v) is 11.2. The highest BCUT2D eigenvalue weighted by Gasteiger charge is 2.58. The van der Waals surface area contributed by atoms with Crippen LogP contribution in [-0.2, 0) is 16.0 Å². The van der Waals surface area contributed by atoms with Crippen LogP contribution in [0.1, 0.15) is 18.4 Å². The van der Waals surface area contributed by atoms with E-state index in [1.165, 1.54) is 10.8 Å². The molecule has 0 radical (unpaired) electrons. The van der Waals surface area contributed by atoms with Crippen molar-refractivity contribution >= 4 is 30.4 Å². The van der Waals surface area contributed by atoms with Crippen molar-refractivity contribution in [2.45, 2.75) is 31.3 Å². The van der Waals surface area contributed by atoms with Gasteiger partial charge in [-0.1, -0.05) is 18.2 Å². The third-order valence-electron chi connectivity index (χ3n) is 6.99. The number of allylic oxidation sites excluding steroid dienone is 4. The molecule has 1 aromatic carbocycles. The van der Waals surface area contributed by atoms with Crippen molar-refractivity contribution < 1.29 is 18.6 Å². The number of hydrogen-bond acceptors (Lipinski definition) is 5. The maximum Gasteiger partial charge on any atom is 0.391 e. The Kier molecular flexibility index (Phi) is 5.44. The van der Waals surface area contributed by atoms with E-state index in [9.17, 15) is 9.59 Å². The van der Waals surface area contributed by atoms with Gasteiger partial charge in [0.2, 0.25) is 5.91 Å². The van der Waals surface area contributed by atoms with Gasteiger partial charge < -0.3 is 16.0 Å². The van der Waals surface area contributed by atoms with Crippen molar-refractivity contribution in [2.24, 2.45) is 22.7 Å². The summed E-state index contributed by atoms with van der Waals surface area (Å²) in [7, 11) is 1.64. The number of amides is 2. The summed E-state index contributed by atoms with van der Waals surface area (Å²) in [5.74, 6) is -0.400. The Bertz CT molecular complexity index is 1150. The molecule has 33 heavy (non-hydrogen) atoms. The van der Waals surface area contributed by atoms with Crippen molar-refractivity contribution in [3.63, 3.8) is 0 Å². The molecule has 0 saturated heterocycles. The third-order valence-corrected chi connectivity index (χ3v) is 6.99. The number of aliphatic imine (C=N–C) groups is 1. The SMILES string of the molecule is C=[N+](C)C(=O)C1C2CC3NC(=O)Cc4cccc(c4)NC4=CC=CC(=C(F)C=N4)NC1C3C2. The predicted molar refractivity (Wildman–Crippen MR) is 124 cm³/mol. The first kappa shape index (κ1) is 21.3. The lowest BCUT2D eigenvalue weighted by Gasteiger charge is -2.35. The molecule has 3 N–H and O–H groups in total. The summed E-state index contributed by atoms with van der Waals surface area (Å²) in [6.07, 6.45) is 8.09. The van der Waals surface area contributed by atoms with Crippen LogP contribution >= 0.6 is 0 Å². The fourth-order valence-electron chi connectivity index (χ4n) is 5.61. The second-order valence-corrected chi connectivity index (χ2v) is 9.23. The summed E-state index contributed by atoms with van der Waals surface area (Å²) in [5, 5.41) is 9.63. The highest BCUT2D eigenvalue weighted by atomic mass is 19.1. The maximum atomic E-state index is 15.1. The minimum absolute atomic E-state index is 0.0101.